The third-order valence-electron chi connectivity index (χ3n) is 6.68. The summed E-state index contributed by atoms with van der Waals surface area (Å²) in [5.41, 5.74) is 9.54. The van der Waals surface area contributed by atoms with Gasteiger partial charge in [-0.25, -0.2) is 14.4 Å². The summed E-state index contributed by atoms with van der Waals surface area (Å²) in [5.74, 6) is -1.71. The minimum Gasteiger partial charge on any atom is -0.480 e. The van der Waals surface area contributed by atoms with E-state index in [0.717, 1.165) is 11.1 Å². The Hall–Kier alpha value is -3.79. The first kappa shape index (κ1) is 29.8. The Morgan fingerprint density at radius 1 is 1.03 bits per heavy atom. The molecule has 0 saturated carbocycles. The lowest BCUT2D eigenvalue weighted by Crippen LogP contribution is -2.46. The van der Waals surface area contributed by atoms with E-state index in [4.69, 9.17) is 5.73 Å². The summed E-state index contributed by atoms with van der Waals surface area (Å²) in [5, 5.41) is 12.9. The van der Waals surface area contributed by atoms with Crippen LogP contribution in [-0.2, 0) is 24.4 Å². The number of nitrogens with one attached hydrogen (secondary N) is 1. The van der Waals surface area contributed by atoms with Gasteiger partial charge in [-0.1, -0.05) is 36.4 Å². The molecular formula is C28H28Cl2FN5O3. The minimum atomic E-state index is -1.17. The molecule has 4 N–H and O–H groups in total. The van der Waals surface area contributed by atoms with Crippen LogP contribution < -0.4 is 11.1 Å². The molecule has 4 aromatic rings. The molecule has 0 aliphatic carbocycles. The maximum Gasteiger partial charge on any atom is 0.323 e. The standard InChI is InChI=1S/C28H26FN5O3.2ClH/c1-28(2,26(36)37)31-13-17-7-9-20(29)12-21(17)16-8-10-23-22(11-16)24(33-27(30)32-23)25(35)34-14-18-5-3-4-6-19(18)15-34;;/h3-12,31H,13-15H2,1-2H3,(H,36,37)(H2,30,32,33);2*1H. The number of carboxylic acid groups (broad SMARTS) is 1. The van der Waals surface area contributed by atoms with Crippen LogP contribution in [0.15, 0.2) is 60.7 Å². The summed E-state index contributed by atoms with van der Waals surface area (Å²) in [6.45, 7) is 4.26. The van der Waals surface area contributed by atoms with E-state index >= 15 is 0 Å². The predicted molar refractivity (Wildman–Crippen MR) is 152 cm³/mol. The number of benzene rings is 3. The maximum atomic E-state index is 14.3. The summed E-state index contributed by atoms with van der Waals surface area (Å²) in [7, 11) is 0. The van der Waals surface area contributed by atoms with E-state index < -0.39 is 17.3 Å². The number of carbonyl (C=O) groups excluding carboxylic acids is 1. The summed E-state index contributed by atoms with van der Waals surface area (Å²) >= 11 is 0. The van der Waals surface area contributed by atoms with Gasteiger partial charge >= 0.3 is 5.97 Å². The summed E-state index contributed by atoms with van der Waals surface area (Å²) in [6.07, 6.45) is 0. The number of nitrogens with zero attached hydrogens (tertiary/aromatic N) is 3. The molecule has 0 bridgehead atoms. The van der Waals surface area contributed by atoms with Crippen molar-refractivity contribution in [2.24, 2.45) is 0 Å². The van der Waals surface area contributed by atoms with Crippen LogP contribution >= 0.6 is 24.8 Å². The first-order valence-electron chi connectivity index (χ1n) is 11.8. The van der Waals surface area contributed by atoms with E-state index in [2.05, 4.69) is 15.3 Å². The second-order valence-corrected chi connectivity index (χ2v) is 9.68. The Morgan fingerprint density at radius 3 is 2.33 bits per heavy atom. The van der Waals surface area contributed by atoms with Gasteiger partial charge in [-0.3, -0.25) is 14.9 Å². The van der Waals surface area contributed by atoms with Crippen molar-refractivity contribution in [2.45, 2.75) is 39.0 Å². The van der Waals surface area contributed by atoms with E-state index in [-0.39, 0.29) is 48.9 Å². The van der Waals surface area contributed by atoms with Crippen molar-refractivity contribution < 1.29 is 19.1 Å². The Balaban J connectivity index is 0.00000210. The first-order valence-corrected chi connectivity index (χ1v) is 11.8. The number of aromatic nitrogens is 2. The molecule has 0 fully saturated rings. The molecule has 39 heavy (non-hydrogen) atoms. The monoisotopic (exact) mass is 571 g/mol. The van der Waals surface area contributed by atoms with Gasteiger partial charge in [0, 0.05) is 25.0 Å². The third kappa shape index (κ3) is 5.95. The molecule has 8 nitrogen and oxygen atoms in total. The average molecular weight is 572 g/mol. The van der Waals surface area contributed by atoms with Crippen LogP contribution in [0, 0.1) is 5.82 Å². The molecule has 11 heteroatoms. The number of rotatable bonds is 6. The number of fused-ring (bicyclic) bond motifs is 2. The second-order valence-electron chi connectivity index (χ2n) is 9.68. The van der Waals surface area contributed by atoms with Crippen LogP contribution in [0.2, 0.25) is 0 Å². The van der Waals surface area contributed by atoms with Crippen LogP contribution in [0.1, 0.15) is 41.0 Å². The largest absolute Gasteiger partial charge is 0.480 e. The summed E-state index contributed by atoms with van der Waals surface area (Å²) in [6, 6.07) is 17.5. The fraction of sp³-hybridized carbons (Fsp3) is 0.214. The van der Waals surface area contributed by atoms with Crippen LogP contribution in [-0.4, -0.2) is 37.4 Å². The van der Waals surface area contributed by atoms with Crippen molar-refractivity contribution in [1.82, 2.24) is 20.2 Å². The van der Waals surface area contributed by atoms with E-state index in [1.165, 1.54) is 12.1 Å². The van der Waals surface area contributed by atoms with Gasteiger partial charge in [0.2, 0.25) is 5.95 Å². The van der Waals surface area contributed by atoms with Crippen molar-refractivity contribution in [3.8, 4) is 11.1 Å². The molecule has 3 aromatic carbocycles. The molecule has 0 unspecified atom stereocenters. The number of hydrogen-bond acceptors (Lipinski definition) is 6. The molecule has 1 aromatic heterocycles. The number of aliphatic carboxylic acids is 1. The number of hydrogen-bond donors (Lipinski definition) is 3. The van der Waals surface area contributed by atoms with E-state index in [9.17, 15) is 19.1 Å². The van der Waals surface area contributed by atoms with Crippen LogP contribution in [0.25, 0.3) is 22.0 Å². The number of carbonyl (C=O) groups is 2. The number of anilines is 1. The zero-order valence-electron chi connectivity index (χ0n) is 21.3. The van der Waals surface area contributed by atoms with Gasteiger partial charge < -0.3 is 15.7 Å². The van der Waals surface area contributed by atoms with Gasteiger partial charge in [0.1, 0.15) is 17.1 Å². The Morgan fingerprint density at radius 2 is 1.69 bits per heavy atom. The van der Waals surface area contributed by atoms with Crippen molar-refractivity contribution in [3.05, 3.63) is 88.9 Å². The van der Waals surface area contributed by atoms with Crippen molar-refractivity contribution in [1.29, 1.82) is 0 Å². The molecule has 0 saturated heterocycles. The fourth-order valence-corrected chi connectivity index (χ4v) is 4.47. The van der Waals surface area contributed by atoms with Gasteiger partial charge in [-0.05, 0) is 65.9 Å². The van der Waals surface area contributed by atoms with Gasteiger partial charge in [0.15, 0.2) is 0 Å². The molecule has 0 atom stereocenters. The molecule has 1 aliphatic rings. The highest BCUT2D eigenvalue weighted by atomic mass is 35.5. The minimum absolute atomic E-state index is 0. The van der Waals surface area contributed by atoms with Crippen LogP contribution in [0.5, 0.6) is 0 Å². The lowest BCUT2D eigenvalue weighted by molar-refractivity contribution is -0.143. The fourth-order valence-electron chi connectivity index (χ4n) is 4.47. The number of carboxylic acids is 1. The van der Waals surface area contributed by atoms with E-state index in [1.54, 1.807) is 43.0 Å². The predicted octanol–water partition coefficient (Wildman–Crippen LogP) is 4.97. The van der Waals surface area contributed by atoms with Gasteiger partial charge in [0.25, 0.3) is 5.91 Å². The van der Waals surface area contributed by atoms with Crippen LogP contribution in [0.4, 0.5) is 10.3 Å². The Bertz CT molecular complexity index is 1540. The first-order chi connectivity index (χ1) is 17.6. The highest BCUT2D eigenvalue weighted by Gasteiger charge is 2.28. The molecular weight excluding hydrogens is 544 g/mol. The van der Waals surface area contributed by atoms with Crippen molar-refractivity contribution in [3.63, 3.8) is 0 Å². The summed E-state index contributed by atoms with van der Waals surface area (Å²) < 4.78 is 14.3. The van der Waals surface area contributed by atoms with Crippen molar-refractivity contribution >= 4 is 53.5 Å². The van der Waals surface area contributed by atoms with Crippen LogP contribution in [0.3, 0.4) is 0 Å². The highest BCUT2D eigenvalue weighted by molar-refractivity contribution is 6.06. The third-order valence-corrected chi connectivity index (χ3v) is 6.68. The topological polar surface area (TPSA) is 121 Å². The quantitative estimate of drug-likeness (QED) is 0.298. The highest BCUT2D eigenvalue weighted by Crippen LogP contribution is 2.31. The van der Waals surface area contributed by atoms with Gasteiger partial charge in [-0.2, -0.15) is 0 Å². The van der Waals surface area contributed by atoms with E-state index in [0.29, 0.717) is 40.7 Å². The number of amides is 1. The molecule has 1 aliphatic heterocycles. The zero-order valence-corrected chi connectivity index (χ0v) is 22.9. The lowest BCUT2D eigenvalue weighted by atomic mass is 9.96. The normalized spacial score (nSPS) is 12.4. The maximum absolute atomic E-state index is 14.3. The Kier molecular flexibility index (Phi) is 8.80. The van der Waals surface area contributed by atoms with Gasteiger partial charge in [-0.15, -0.1) is 24.8 Å². The zero-order chi connectivity index (χ0) is 26.3. The molecule has 1 amide bonds. The summed E-state index contributed by atoms with van der Waals surface area (Å²) in [4.78, 5) is 35.4. The molecule has 5 rings (SSSR count). The average Bonchev–Trinajstić information content (AvgIpc) is 3.31. The second kappa shape index (κ2) is 11.5. The lowest BCUT2D eigenvalue weighted by Gasteiger charge is -2.22. The Labute approximate surface area is 237 Å². The smallest absolute Gasteiger partial charge is 0.323 e. The van der Waals surface area contributed by atoms with E-state index in [1.807, 2.05) is 24.3 Å². The molecule has 204 valence electrons. The van der Waals surface area contributed by atoms with Gasteiger partial charge in [0.05, 0.1) is 5.52 Å². The molecule has 2 heterocycles. The SMILES string of the molecule is CC(C)(NCc1ccc(F)cc1-c1ccc2nc(N)nc(C(=O)N3Cc4ccccc4C3)c2c1)C(=O)O.Cl.Cl. The van der Waals surface area contributed by atoms with Crippen molar-refractivity contribution in [2.75, 3.05) is 5.73 Å². The number of halogens is 3. The number of nitrogens with two attached hydrogens (primary N) is 1. The molecule has 0 radical (unpaired) electrons. The molecule has 0 spiro atoms. The number of nitrogen functional groups attached to an aromatic ring is 1.